The molecule has 96 valence electrons. The maximum absolute atomic E-state index is 6.11. The van der Waals surface area contributed by atoms with E-state index in [0.717, 1.165) is 4.47 Å². The van der Waals surface area contributed by atoms with Crippen molar-refractivity contribution >= 4 is 27.5 Å². The minimum absolute atomic E-state index is 0.0419. The standard InChI is InChI=1S/C13H19BrClNO/c1-8(16)12(13(2,3)4)17-11-7-9(14)5-6-10(11)15/h5-8,12H,16H2,1-4H3. The fourth-order valence-electron chi connectivity index (χ4n) is 1.78. The molecule has 0 aliphatic rings. The van der Waals surface area contributed by atoms with Crippen molar-refractivity contribution in [2.45, 2.75) is 39.8 Å². The maximum atomic E-state index is 6.11. The van der Waals surface area contributed by atoms with Gasteiger partial charge >= 0.3 is 0 Å². The number of ether oxygens (including phenoxy) is 1. The van der Waals surface area contributed by atoms with E-state index in [9.17, 15) is 0 Å². The van der Waals surface area contributed by atoms with Gasteiger partial charge in [0.25, 0.3) is 0 Å². The third-order valence-electron chi connectivity index (χ3n) is 2.48. The Morgan fingerprint density at radius 1 is 1.35 bits per heavy atom. The Morgan fingerprint density at radius 2 is 1.94 bits per heavy atom. The Morgan fingerprint density at radius 3 is 2.41 bits per heavy atom. The zero-order valence-electron chi connectivity index (χ0n) is 10.6. The lowest BCUT2D eigenvalue weighted by molar-refractivity contribution is 0.0685. The van der Waals surface area contributed by atoms with E-state index in [-0.39, 0.29) is 17.6 Å². The molecule has 0 bridgehead atoms. The molecular formula is C13H19BrClNO. The molecule has 0 fully saturated rings. The summed E-state index contributed by atoms with van der Waals surface area (Å²) < 4.78 is 6.90. The summed E-state index contributed by atoms with van der Waals surface area (Å²) in [5.41, 5.74) is 5.94. The molecule has 0 aliphatic heterocycles. The van der Waals surface area contributed by atoms with Gasteiger partial charge < -0.3 is 10.5 Å². The molecule has 0 spiro atoms. The molecule has 2 N–H and O–H groups in total. The SMILES string of the molecule is CC(N)C(Oc1cc(Br)ccc1Cl)C(C)(C)C. The van der Waals surface area contributed by atoms with Gasteiger partial charge in [-0.2, -0.15) is 0 Å². The molecule has 4 heteroatoms. The van der Waals surface area contributed by atoms with Crippen molar-refractivity contribution in [3.8, 4) is 5.75 Å². The van der Waals surface area contributed by atoms with E-state index in [0.29, 0.717) is 10.8 Å². The summed E-state index contributed by atoms with van der Waals surface area (Å²) in [5, 5.41) is 0.600. The molecule has 1 aromatic carbocycles. The molecule has 0 amide bonds. The molecule has 0 aromatic heterocycles. The van der Waals surface area contributed by atoms with E-state index in [4.69, 9.17) is 22.1 Å². The molecule has 0 aliphatic carbocycles. The van der Waals surface area contributed by atoms with Gasteiger partial charge in [0.15, 0.2) is 0 Å². The maximum Gasteiger partial charge on any atom is 0.139 e. The van der Waals surface area contributed by atoms with Gasteiger partial charge in [0.05, 0.1) is 5.02 Å². The van der Waals surface area contributed by atoms with Crippen LogP contribution in [0.15, 0.2) is 22.7 Å². The van der Waals surface area contributed by atoms with Gasteiger partial charge in [-0.25, -0.2) is 0 Å². The first kappa shape index (κ1) is 14.8. The first-order chi connectivity index (χ1) is 7.71. The van der Waals surface area contributed by atoms with Crippen molar-refractivity contribution in [1.82, 2.24) is 0 Å². The smallest absolute Gasteiger partial charge is 0.139 e. The van der Waals surface area contributed by atoms with Gasteiger partial charge in [0, 0.05) is 15.9 Å². The molecule has 1 aromatic rings. The van der Waals surface area contributed by atoms with Crippen molar-refractivity contribution in [3.05, 3.63) is 27.7 Å². The number of benzene rings is 1. The Hall–Kier alpha value is -0.250. The lowest BCUT2D eigenvalue weighted by Gasteiger charge is -2.34. The van der Waals surface area contributed by atoms with Crippen molar-refractivity contribution in [2.75, 3.05) is 0 Å². The lowest BCUT2D eigenvalue weighted by atomic mass is 9.85. The van der Waals surface area contributed by atoms with Crippen LogP contribution in [0.3, 0.4) is 0 Å². The zero-order chi connectivity index (χ0) is 13.2. The minimum atomic E-state index is -0.0886. The van der Waals surface area contributed by atoms with Gasteiger partial charge in [-0.3, -0.25) is 0 Å². The molecule has 0 saturated heterocycles. The summed E-state index contributed by atoms with van der Waals surface area (Å²) >= 11 is 9.51. The van der Waals surface area contributed by atoms with Crippen molar-refractivity contribution in [3.63, 3.8) is 0 Å². The molecular weight excluding hydrogens is 302 g/mol. The van der Waals surface area contributed by atoms with Gasteiger partial charge in [0.1, 0.15) is 11.9 Å². The van der Waals surface area contributed by atoms with Crippen molar-refractivity contribution < 1.29 is 4.74 Å². The first-order valence-corrected chi connectivity index (χ1v) is 6.76. The average molecular weight is 321 g/mol. The Bertz CT molecular complexity index is 387. The van der Waals surface area contributed by atoms with Crippen LogP contribution in [-0.4, -0.2) is 12.1 Å². The second kappa shape index (κ2) is 5.59. The van der Waals surface area contributed by atoms with Crippen LogP contribution in [0, 0.1) is 5.41 Å². The summed E-state index contributed by atoms with van der Waals surface area (Å²) in [5.74, 6) is 0.665. The third kappa shape index (κ3) is 4.16. The summed E-state index contributed by atoms with van der Waals surface area (Å²) in [4.78, 5) is 0. The van der Waals surface area contributed by atoms with E-state index >= 15 is 0 Å². The molecule has 1 rings (SSSR count). The molecule has 2 atom stereocenters. The molecule has 2 unspecified atom stereocenters. The average Bonchev–Trinajstić information content (AvgIpc) is 2.17. The molecule has 0 saturated carbocycles. The van der Waals surface area contributed by atoms with Crippen LogP contribution in [0.2, 0.25) is 5.02 Å². The zero-order valence-corrected chi connectivity index (χ0v) is 13.0. The van der Waals surface area contributed by atoms with Crippen LogP contribution in [0.5, 0.6) is 5.75 Å². The van der Waals surface area contributed by atoms with E-state index < -0.39 is 0 Å². The third-order valence-corrected chi connectivity index (χ3v) is 3.28. The van der Waals surface area contributed by atoms with Crippen LogP contribution in [0.25, 0.3) is 0 Å². The highest BCUT2D eigenvalue weighted by Crippen LogP contribution is 2.33. The number of nitrogens with two attached hydrogens (primary N) is 1. The fourth-order valence-corrected chi connectivity index (χ4v) is 2.28. The number of rotatable bonds is 3. The van der Waals surface area contributed by atoms with Crippen LogP contribution < -0.4 is 10.5 Å². The summed E-state index contributed by atoms with van der Waals surface area (Å²) in [7, 11) is 0. The summed E-state index contributed by atoms with van der Waals surface area (Å²) in [6.07, 6.45) is -0.0886. The molecule has 0 heterocycles. The van der Waals surface area contributed by atoms with Gasteiger partial charge in [-0.05, 0) is 25.1 Å². The van der Waals surface area contributed by atoms with Gasteiger partial charge in [0.2, 0.25) is 0 Å². The summed E-state index contributed by atoms with van der Waals surface area (Å²) in [6, 6.07) is 5.49. The highest BCUT2D eigenvalue weighted by molar-refractivity contribution is 9.10. The van der Waals surface area contributed by atoms with Crippen LogP contribution in [-0.2, 0) is 0 Å². The molecule has 17 heavy (non-hydrogen) atoms. The van der Waals surface area contributed by atoms with E-state index in [2.05, 4.69) is 36.7 Å². The van der Waals surface area contributed by atoms with Gasteiger partial charge in [-0.15, -0.1) is 0 Å². The first-order valence-electron chi connectivity index (χ1n) is 5.59. The highest BCUT2D eigenvalue weighted by atomic mass is 79.9. The van der Waals surface area contributed by atoms with Crippen LogP contribution >= 0.6 is 27.5 Å². The summed E-state index contributed by atoms with van der Waals surface area (Å²) in [6.45, 7) is 8.26. The Labute approximate surface area is 117 Å². The largest absolute Gasteiger partial charge is 0.487 e. The number of hydrogen-bond acceptors (Lipinski definition) is 2. The van der Waals surface area contributed by atoms with Crippen LogP contribution in [0.1, 0.15) is 27.7 Å². The topological polar surface area (TPSA) is 35.2 Å². The quantitative estimate of drug-likeness (QED) is 0.904. The van der Waals surface area contributed by atoms with E-state index in [1.807, 2.05) is 25.1 Å². The second-order valence-electron chi connectivity index (χ2n) is 5.34. The van der Waals surface area contributed by atoms with Crippen molar-refractivity contribution in [2.24, 2.45) is 11.1 Å². The molecule has 2 nitrogen and oxygen atoms in total. The Kier molecular flexibility index (Phi) is 4.87. The predicted octanol–water partition coefficient (Wildman–Crippen LogP) is 4.24. The van der Waals surface area contributed by atoms with Gasteiger partial charge in [-0.1, -0.05) is 48.3 Å². The van der Waals surface area contributed by atoms with E-state index in [1.54, 1.807) is 0 Å². The minimum Gasteiger partial charge on any atom is -0.487 e. The van der Waals surface area contributed by atoms with E-state index in [1.165, 1.54) is 0 Å². The predicted molar refractivity (Wildman–Crippen MR) is 76.7 cm³/mol. The monoisotopic (exact) mass is 319 g/mol. The Balaban J connectivity index is 2.98. The highest BCUT2D eigenvalue weighted by Gasteiger charge is 2.30. The normalized spacial score (nSPS) is 15.5. The lowest BCUT2D eigenvalue weighted by Crippen LogP contribution is -2.45. The van der Waals surface area contributed by atoms with Crippen molar-refractivity contribution in [1.29, 1.82) is 0 Å². The fraction of sp³-hybridized carbons (Fsp3) is 0.538. The second-order valence-corrected chi connectivity index (χ2v) is 6.66. The number of hydrogen-bond donors (Lipinski definition) is 1. The van der Waals surface area contributed by atoms with Crippen LogP contribution in [0.4, 0.5) is 0 Å². The number of halogens is 2. The molecule has 0 radical (unpaired) electrons.